The molecule has 14 heavy (non-hydrogen) atoms. The van der Waals surface area contributed by atoms with Crippen molar-refractivity contribution in [3.8, 4) is 0 Å². The Hall–Kier alpha value is -0.0800. The zero-order valence-electron chi connectivity index (χ0n) is 10.1. The molecule has 0 amide bonds. The Morgan fingerprint density at radius 1 is 1.43 bits per heavy atom. The number of piperazine rings is 1. The van der Waals surface area contributed by atoms with Gasteiger partial charge in [-0.1, -0.05) is 27.2 Å². The van der Waals surface area contributed by atoms with Crippen molar-refractivity contribution in [1.29, 1.82) is 0 Å². The molecule has 2 nitrogen and oxygen atoms in total. The summed E-state index contributed by atoms with van der Waals surface area (Å²) in [5.74, 6) is 0.842. The van der Waals surface area contributed by atoms with E-state index in [1.807, 2.05) is 0 Å². The van der Waals surface area contributed by atoms with E-state index in [-0.39, 0.29) is 0 Å². The van der Waals surface area contributed by atoms with E-state index in [0.29, 0.717) is 0 Å². The molecule has 0 bridgehead atoms. The highest BCUT2D eigenvalue weighted by molar-refractivity contribution is 4.78. The van der Waals surface area contributed by atoms with Crippen LogP contribution in [0.25, 0.3) is 0 Å². The van der Waals surface area contributed by atoms with Gasteiger partial charge in [-0.05, 0) is 25.3 Å². The second-order valence-electron chi connectivity index (χ2n) is 4.92. The van der Waals surface area contributed by atoms with Crippen LogP contribution in [0.4, 0.5) is 0 Å². The Kier molecular flexibility index (Phi) is 5.49. The van der Waals surface area contributed by atoms with Gasteiger partial charge in [0.25, 0.3) is 0 Å². The maximum Gasteiger partial charge on any atom is 0.0195 e. The van der Waals surface area contributed by atoms with E-state index in [0.717, 1.165) is 12.0 Å². The second kappa shape index (κ2) is 6.41. The third kappa shape index (κ3) is 4.43. The number of nitrogens with zero attached hydrogens (tertiary/aromatic N) is 1. The van der Waals surface area contributed by atoms with Gasteiger partial charge in [-0.15, -0.1) is 0 Å². The topological polar surface area (TPSA) is 15.3 Å². The van der Waals surface area contributed by atoms with E-state index in [9.17, 15) is 0 Å². The summed E-state index contributed by atoms with van der Waals surface area (Å²) >= 11 is 0. The summed E-state index contributed by atoms with van der Waals surface area (Å²) in [4.78, 5) is 2.62. The van der Waals surface area contributed by atoms with Gasteiger partial charge < -0.3 is 10.2 Å². The van der Waals surface area contributed by atoms with Gasteiger partial charge >= 0.3 is 0 Å². The highest BCUT2D eigenvalue weighted by atomic mass is 15.2. The van der Waals surface area contributed by atoms with Crippen LogP contribution in [0.2, 0.25) is 0 Å². The quantitative estimate of drug-likeness (QED) is 0.728. The van der Waals surface area contributed by atoms with Gasteiger partial charge in [-0.2, -0.15) is 0 Å². The minimum absolute atomic E-state index is 0.751. The fourth-order valence-corrected chi connectivity index (χ4v) is 2.08. The standard InChI is InChI=1S/C12H26N2/c1-4-5-12-10-14(9-7-13-12)8-6-11(2)3/h11-13H,4-10H2,1-3H3. The summed E-state index contributed by atoms with van der Waals surface area (Å²) in [6.45, 7) is 11.9. The maximum atomic E-state index is 3.60. The van der Waals surface area contributed by atoms with Crippen molar-refractivity contribution in [3.63, 3.8) is 0 Å². The lowest BCUT2D eigenvalue weighted by atomic mass is 10.1. The van der Waals surface area contributed by atoms with Crippen LogP contribution in [0.1, 0.15) is 40.0 Å². The molecule has 1 fully saturated rings. The summed E-state index contributed by atoms with van der Waals surface area (Å²) in [6.07, 6.45) is 3.98. The molecular weight excluding hydrogens is 172 g/mol. The van der Waals surface area contributed by atoms with Gasteiger partial charge in [-0.25, -0.2) is 0 Å². The minimum atomic E-state index is 0.751. The van der Waals surface area contributed by atoms with E-state index >= 15 is 0 Å². The van der Waals surface area contributed by atoms with E-state index < -0.39 is 0 Å². The predicted molar refractivity (Wildman–Crippen MR) is 62.6 cm³/mol. The summed E-state index contributed by atoms with van der Waals surface area (Å²) in [5.41, 5.74) is 0. The molecule has 0 aromatic heterocycles. The average Bonchev–Trinajstić information content (AvgIpc) is 2.16. The van der Waals surface area contributed by atoms with Gasteiger partial charge in [0.15, 0.2) is 0 Å². The molecule has 1 rings (SSSR count). The zero-order chi connectivity index (χ0) is 10.4. The summed E-state index contributed by atoms with van der Waals surface area (Å²) in [6, 6.07) is 0.751. The smallest absolute Gasteiger partial charge is 0.0195 e. The van der Waals surface area contributed by atoms with Crippen molar-refractivity contribution < 1.29 is 0 Å². The van der Waals surface area contributed by atoms with Crippen molar-refractivity contribution in [2.24, 2.45) is 5.92 Å². The van der Waals surface area contributed by atoms with Crippen molar-refractivity contribution in [2.75, 3.05) is 26.2 Å². The lowest BCUT2D eigenvalue weighted by molar-refractivity contribution is 0.185. The summed E-state index contributed by atoms with van der Waals surface area (Å²) < 4.78 is 0. The molecule has 2 heteroatoms. The van der Waals surface area contributed by atoms with Crippen molar-refractivity contribution in [3.05, 3.63) is 0 Å². The van der Waals surface area contributed by atoms with Crippen LogP contribution < -0.4 is 5.32 Å². The molecule has 0 aromatic carbocycles. The molecule has 1 N–H and O–H groups in total. The fourth-order valence-electron chi connectivity index (χ4n) is 2.08. The summed E-state index contributed by atoms with van der Waals surface area (Å²) in [5, 5.41) is 3.60. The molecule has 1 aliphatic heterocycles. The average molecular weight is 198 g/mol. The molecular formula is C12H26N2. The van der Waals surface area contributed by atoms with Crippen LogP contribution in [0.15, 0.2) is 0 Å². The largest absolute Gasteiger partial charge is 0.311 e. The number of rotatable bonds is 5. The molecule has 1 unspecified atom stereocenters. The van der Waals surface area contributed by atoms with Gasteiger partial charge in [-0.3, -0.25) is 0 Å². The number of hydrogen-bond acceptors (Lipinski definition) is 2. The van der Waals surface area contributed by atoms with Crippen molar-refractivity contribution >= 4 is 0 Å². The Morgan fingerprint density at radius 3 is 2.86 bits per heavy atom. The minimum Gasteiger partial charge on any atom is -0.311 e. The second-order valence-corrected chi connectivity index (χ2v) is 4.92. The third-order valence-electron chi connectivity index (χ3n) is 3.00. The van der Waals surface area contributed by atoms with E-state index in [1.54, 1.807) is 0 Å². The molecule has 0 spiro atoms. The first kappa shape index (κ1) is 12.0. The van der Waals surface area contributed by atoms with Gasteiger partial charge in [0, 0.05) is 25.7 Å². The van der Waals surface area contributed by atoms with Crippen molar-refractivity contribution in [1.82, 2.24) is 10.2 Å². The summed E-state index contributed by atoms with van der Waals surface area (Å²) in [7, 11) is 0. The Bertz CT molecular complexity index is 143. The number of hydrogen-bond donors (Lipinski definition) is 1. The van der Waals surface area contributed by atoms with Crippen LogP contribution in [-0.4, -0.2) is 37.1 Å². The van der Waals surface area contributed by atoms with E-state index in [2.05, 4.69) is 31.0 Å². The van der Waals surface area contributed by atoms with E-state index in [4.69, 9.17) is 0 Å². The SMILES string of the molecule is CCCC1CN(CCC(C)C)CCN1. The lowest BCUT2D eigenvalue weighted by Crippen LogP contribution is -2.50. The Labute approximate surface area is 89.1 Å². The maximum absolute atomic E-state index is 3.60. The fraction of sp³-hybridized carbons (Fsp3) is 1.00. The number of nitrogens with one attached hydrogen (secondary N) is 1. The molecule has 84 valence electrons. The Balaban J connectivity index is 2.18. The van der Waals surface area contributed by atoms with E-state index in [1.165, 1.54) is 45.4 Å². The lowest BCUT2D eigenvalue weighted by Gasteiger charge is -2.34. The molecule has 1 aliphatic rings. The highest BCUT2D eigenvalue weighted by Gasteiger charge is 2.17. The van der Waals surface area contributed by atoms with Crippen molar-refractivity contribution in [2.45, 2.75) is 46.1 Å². The van der Waals surface area contributed by atoms with Gasteiger partial charge in [0.05, 0.1) is 0 Å². The first-order chi connectivity index (χ1) is 6.72. The predicted octanol–water partition coefficient (Wildman–Crippen LogP) is 2.11. The first-order valence-corrected chi connectivity index (χ1v) is 6.18. The molecule has 0 aliphatic carbocycles. The first-order valence-electron chi connectivity index (χ1n) is 6.18. The van der Waals surface area contributed by atoms with Gasteiger partial charge in [0.2, 0.25) is 0 Å². The van der Waals surface area contributed by atoms with Crippen LogP contribution in [0, 0.1) is 5.92 Å². The highest BCUT2D eigenvalue weighted by Crippen LogP contribution is 2.08. The molecule has 0 radical (unpaired) electrons. The molecule has 1 heterocycles. The van der Waals surface area contributed by atoms with Crippen LogP contribution in [0.5, 0.6) is 0 Å². The third-order valence-corrected chi connectivity index (χ3v) is 3.00. The monoisotopic (exact) mass is 198 g/mol. The zero-order valence-corrected chi connectivity index (χ0v) is 10.1. The normalized spacial score (nSPS) is 24.4. The van der Waals surface area contributed by atoms with Gasteiger partial charge in [0.1, 0.15) is 0 Å². The van der Waals surface area contributed by atoms with Crippen LogP contribution in [-0.2, 0) is 0 Å². The molecule has 0 aromatic rings. The molecule has 0 saturated carbocycles. The molecule has 1 atom stereocenters. The Morgan fingerprint density at radius 2 is 2.21 bits per heavy atom. The van der Waals surface area contributed by atoms with Crippen LogP contribution >= 0.6 is 0 Å². The van der Waals surface area contributed by atoms with Crippen LogP contribution in [0.3, 0.4) is 0 Å². The molecule has 1 saturated heterocycles.